The van der Waals surface area contributed by atoms with Crippen LogP contribution in [0.2, 0.25) is 10.0 Å². The summed E-state index contributed by atoms with van der Waals surface area (Å²) in [6.07, 6.45) is 20.5. The lowest BCUT2D eigenvalue weighted by Gasteiger charge is -2.33. The van der Waals surface area contributed by atoms with E-state index in [1.54, 1.807) is 126 Å². The molecule has 0 saturated carbocycles. The summed E-state index contributed by atoms with van der Waals surface area (Å²) in [6.45, 7) is 8.70. The fourth-order valence-corrected chi connectivity index (χ4v) is 9.30. The highest BCUT2D eigenvalue weighted by atomic mass is 35.5. The van der Waals surface area contributed by atoms with Crippen LogP contribution in [0.15, 0.2) is 177 Å². The number of hydrogen-bond donors (Lipinski definition) is 0. The fourth-order valence-electron chi connectivity index (χ4n) is 8.82. The van der Waals surface area contributed by atoms with Gasteiger partial charge in [-0.3, -0.25) is 4.57 Å². The Labute approximate surface area is 403 Å². The summed E-state index contributed by atoms with van der Waals surface area (Å²) in [7, 11) is 0. The van der Waals surface area contributed by atoms with Crippen LogP contribution >= 0.6 is 23.2 Å². The van der Waals surface area contributed by atoms with Gasteiger partial charge in [0.15, 0.2) is 0 Å². The van der Waals surface area contributed by atoms with E-state index in [2.05, 4.69) is 23.8 Å². The van der Waals surface area contributed by atoms with Crippen LogP contribution in [0.4, 0.5) is 0 Å². The van der Waals surface area contributed by atoms with Gasteiger partial charge in [0.05, 0.1) is 105 Å². The van der Waals surface area contributed by atoms with Gasteiger partial charge >= 0.3 is 0 Å². The van der Waals surface area contributed by atoms with Crippen LogP contribution in [-0.2, 0) is 43.9 Å². The van der Waals surface area contributed by atoms with Gasteiger partial charge in [-0.1, -0.05) is 77.8 Å². The molecule has 5 aliphatic rings. The van der Waals surface area contributed by atoms with Gasteiger partial charge in [0, 0.05) is 11.1 Å². The Balaban J connectivity index is 1.55. The Hall–Kier alpha value is -7.51. The average Bonchev–Trinajstić information content (AvgIpc) is 3.95. The molecule has 0 bridgehead atoms. The maximum atomic E-state index is 13.3. The van der Waals surface area contributed by atoms with E-state index in [0.717, 1.165) is 0 Å². The van der Waals surface area contributed by atoms with Gasteiger partial charge in [-0.25, -0.2) is 34.1 Å². The van der Waals surface area contributed by atoms with Crippen molar-refractivity contribution in [2.75, 3.05) is 26.4 Å². The molecule has 4 unspecified atom stereocenters. The highest BCUT2D eigenvalue weighted by Gasteiger charge is 2.50. The van der Waals surface area contributed by atoms with Gasteiger partial charge in [0.2, 0.25) is 0 Å². The lowest BCUT2D eigenvalue weighted by molar-refractivity contribution is 0.241. The number of hydrogen-bond acceptors (Lipinski definition) is 11. The van der Waals surface area contributed by atoms with Crippen LogP contribution in [0.25, 0.3) is 11.4 Å². The molecule has 0 N–H and O–H groups in total. The zero-order chi connectivity index (χ0) is 48.0. The second kappa shape index (κ2) is 20.6. The summed E-state index contributed by atoms with van der Waals surface area (Å²) >= 11 is 14.5. The molecule has 0 saturated heterocycles. The van der Waals surface area contributed by atoms with Crippen LogP contribution in [0.5, 0.6) is 0 Å². The average molecular weight is 948 g/mol. The highest BCUT2D eigenvalue weighted by molar-refractivity contribution is 6.47. The number of carbonyl (C=O) groups excluding carboxylic acids is 4. The summed E-state index contributed by atoms with van der Waals surface area (Å²) < 4.78 is 25.1. The zero-order valence-electron chi connectivity index (χ0n) is 37.5. The molecule has 0 spiro atoms. The molecule has 4 atom stereocenters. The lowest BCUT2D eigenvalue weighted by Crippen LogP contribution is -2.34. The molecule has 2 heterocycles. The molecule has 0 amide bonds. The van der Waals surface area contributed by atoms with Gasteiger partial charge in [-0.15, -0.1) is 0 Å². The molecular weight excluding hydrogens is 904 g/mol. The van der Waals surface area contributed by atoms with Gasteiger partial charge < -0.3 is 18.9 Å². The van der Waals surface area contributed by atoms with Crippen molar-refractivity contribution >= 4 is 58.4 Å². The number of halogens is 2. The summed E-state index contributed by atoms with van der Waals surface area (Å²) in [5.41, 5.74) is 2.69. The van der Waals surface area contributed by atoms with E-state index in [-0.39, 0.29) is 44.6 Å². The molecule has 1 aliphatic heterocycles. The minimum absolute atomic E-state index is 0.164. The van der Waals surface area contributed by atoms with Crippen LogP contribution in [0.1, 0.15) is 56.5 Å². The van der Waals surface area contributed by atoms with Gasteiger partial charge in [0.25, 0.3) is 5.79 Å². The summed E-state index contributed by atoms with van der Waals surface area (Å²) in [6, 6.07) is 14.1. The van der Waals surface area contributed by atoms with Crippen molar-refractivity contribution < 1.29 is 38.1 Å². The second-order valence-electron chi connectivity index (χ2n) is 15.6. The number of benzene rings is 2. The molecule has 3 aromatic rings. The number of ether oxygens (including phenoxy) is 4. The monoisotopic (exact) mass is 946 g/mol. The summed E-state index contributed by atoms with van der Waals surface area (Å²) in [5.74, 6) is 4.84. The highest BCUT2D eigenvalue weighted by Crippen LogP contribution is 2.51. The van der Waals surface area contributed by atoms with Gasteiger partial charge in [-0.05, 0) is 94.5 Å². The minimum Gasteiger partial charge on any atom is -0.494 e. The van der Waals surface area contributed by atoms with Gasteiger partial charge in [0.1, 0.15) is 52.6 Å². The quantitative estimate of drug-likeness (QED) is 0.136. The number of allylic oxidation sites excluding steroid dienone is 16. The van der Waals surface area contributed by atoms with E-state index in [9.17, 15) is 19.2 Å². The fraction of sp³-hybridized carbons (Fsp3) is 0.241. The molecule has 14 heteroatoms. The van der Waals surface area contributed by atoms with E-state index < -0.39 is 29.5 Å². The first-order valence-electron chi connectivity index (χ1n) is 22.1. The summed E-state index contributed by atoms with van der Waals surface area (Å²) in [4.78, 5) is 69.2. The Bertz CT molecular complexity index is 3020. The SMILES string of the molecule is CCOC1=CC(=C=O)C(C2=NC(c3ccccc3Cl)(n3c(-c4ccccc4Cl)nc(C4C=CC(OCC)=CC4=C=O)c3C3C=CC(OCC)=CC3=C=O)N=C2C2C=CC(OCC)=CC2=C=O)C=C1. The number of imidazole rings is 1. The maximum Gasteiger partial charge on any atom is 0.262 e. The van der Waals surface area contributed by atoms with Crippen molar-refractivity contribution in [2.45, 2.75) is 45.3 Å². The van der Waals surface area contributed by atoms with Crippen molar-refractivity contribution in [1.29, 1.82) is 0 Å². The van der Waals surface area contributed by atoms with Crippen LogP contribution < -0.4 is 0 Å². The van der Waals surface area contributed by atoms with Crippen molar-refractivity contribution in [3.05, 3.63) is 194 Å². The molecule has 12 nitrogen and oxygen atoms in total. The molecular formula is C54H44Cl2N4O8. The normalized spacial score (nSPS) is 22.7. The number of rotatable bonds is 15. The predicted octanol–water partition coefficient (Wildman–Crippen LogP) is 9.80. The standard InChI is InChI=1S/C54H44Cl2N4O8/c1-5-65-37-17-21-41(33(25-37)29-61)49-50(42-22-18-38(66-6-2)26-34(42)30-62)59-54(58-49,46-14-10-12-16-48(46)56)60-52(44-24-20-40(68-8-4)28-36(44)32-64)51(57-53(60)45-13-9-11-15-47(45)55)43-23-19-39(67-7-3)27-35(43)31-63/h9-28,41-44H,5-8H2,1-4H3. The molecule has 1 aromatic heterocycles. The second-order valence-corrected chi connectivity index (χ2v) is 16.4. The topological polar surface area (TPSA) is 148 Å². The van der Waals surface area contributed by atoms with E-state index in [4.69, 9.17) is 57.1 Å². The first kappa shape index (κ1) is 47.0. The summed E-state index contributed by atoms with van der Waals surface area (Å²) in [5, 5.41) is 0.536. The molecule has 342 valence electrons. The third-order valence-corrected chi connectivity index (χ3v) is 12.3. The van der Waals surface area contributed by atoms with Crippen LogP contribution in [0, 0.1) is 11.8 Å². The first-order valence-corrected chi connectivity index (χ1v) is 22.9. The number of aromatic nitrogens is 2. The van der Waals surface area contributed by atoms with E-state index >= 15 is 0 Å². The predicted molar refractivity (Wildman–Crippen MR) is 261 cm³/mol. The molecule has 68 heavy (non-hydrogen) atoms. The van der Waals surface area contributed by atoms with E-state index in [0.29, 0.717) is 77.0 Å². The van der Waals surface area contributed by atoms with E-state index in [1.807, 2.05) is 27.7 Å². The smallest absolute Gasteiger partial charge is 0.262 e. The number of aliphatic imine (C=N–C) groups is 2. The molecule has 4 aliphatic carbocycles. The van der Waals surface area contributed by atoms with Crippen molar-refractivity contribution in [3.63, 3.8) is 0 Å². The third-order valence-electron chi connectivity index (χ3n) is 11.7. The Morgan fingerprint density at radius 1 is 0.544 bits per heavy atom. The maximum absolute atomic E-state index is 13.3. The Kier molecular flexibility index (Phi) is 14.2. The molecule has 0 radical (unpaired) electrons. The first-order chi connectivity index (χ1) is 33.2. The zero-order valence-corrected chi connectivity index (χ0v) is 39.0. The van der Waals surface area contributed by atoms with Gasteiger partial charge in [-0.2, -0.15) is 0 Å². The van der Waals surface area contributed by atoms with E-state index in [1.165, 1.54) is 0 Å². The third kappa shape index (κ3) is 8.77. The number of nitrogens with zero attached hydrogens (tertiary/aromatic N) is 4. The molecule has 8 rings (SSSR count). The van der Waals surface area contributed by atoms with Crippen molar-refractivity contribution in [2.24, 2.45) is 21.8 Å². The largest absolute Gasteiger partial charge is 0.494 e. The Morgan fingerprint density at radius 2 is 0.941 bits per heavy atom. The van der Waals surface area contributed by atoms with Crippen LogP contribution in [0.3, 0.4) is 0 Å². The van der Waals surface area contributed by atoms with Crippen molar-refractivity contribution in [3.8, 4) is 11.4 Å². The Morgan fingerprint density at radius 3 is 1.38 bits per heavy atom. The minimum atomic E-state index is -2.00. The molecule has 0 fully saturated rings. The molecule has 2 aromatic carbocycles. The van der Waals surface area contributed by atoms with Crippen molar-refractivity contribution in [1.82, 2.24) is 9.55 Å². The van der Waals surface area contributed by atoms with Crippen LogP contribution in [-0.4, -0.2) is 71.2 Å². The lowest BCUT2D eigenvalue weighted by atomic mass is 9.81.